The Morgan fingerprint density at radius 2 is 2.31 bits per heavy atom. The van der Waals surface area contributed by atoms with Crippen LogP contribution in [0.25, 0.3) is 0 Å². The molecular weight excluding hydrogens is 286 g/mol. The smallest absolute Gasteiger partial charge is 0.147 e. The van der Waals surface area contributed by atoms with Gasteiger partial charge in [-0.15, -0.1) is 11.8 Å². The molecule has 0 amide bonds. The molecule has 16 heavy (non-hydrogen) atoms. The van der Waals surface area contributed by atoms with Crippen molar-refractivity contribution >= 4 is 33.5 Å². The first-order chi connectivity index (χ1) is 7.60. The van der Waals surface area contributed by atoms with Crippen LogP contribution in [0.3, 0.4) is 0 Å². The number of ketones is 1. The SMILES string of the molecule is CSc1ccc(CC#N)c(C(Br)C(C)=O)c1. The molecule has 0 spiro atoms. The zero-order valence-corrected chi connectivity index (χ0v) is 11.6. The van der Waals surface area contributed by atoms with Crippen LogP contribution >= 0.6 is 27.7 Å². The first kappa shape index (κ1) is 13.3. The minimum atomic E-state index is -0.317. The lowest BCUT2D eigenvalue weighted by molar-refractivity contribution is -0.116. The number of hydrogen-bond donors (Lipinski definition) is 0. The molecule has 0 saturated carbocycles. The van der Waals surface area contributed by atoms with Gasteiger partial charge in [-0.1, -0.05) is 22.0 Å². The predicted octanol–water partition coefficient (Wildman–Crippen LogP) is 3.50. The Hall–Kier alpha value is -0.790. The third kappa shape index (κ3) is 3.10. The fraction of sp³-hybridized carbons (Fsp3) is 0.333. The number of carbonyl (C=O) groups excluding carboxylic acids is 1. The average Bonchev–Trinajstić information content (AvgIpc) is 2.29. The number of thioether (sulfide) groups is 1. The Bertz CT molecular complexity index is 439. The third-order valence-electron chi connectivity index (χ3n) is 2.25. The van der Waals surface area contributed by atoms with Crippen molar-refractivity contribution < 1.29 is 4.79 Å². The van der Waals surface area contributed by atoms with E-state index in [1.165, 1.54) is 0 Å². The van der Waals surface area contributed by atoms with Gasteiger partial charge in [0.1, 0.15) is 5.78 Å². The molecule has 2 nitrogen and oxygen atoms in total. The molecule has 0 aliphatic rings. The lowest BCUT2D eigenvalue weighted by Crippen LogP contribution is -2.04. The predicted molar refractivity (Wildman–Crippen MR) is 69.9 cm³/mol. The van der Waals surface area contributed by atoms with Crippen LogP contribution in [0.5, 0.6) is 0 Å². The highest BCUT2D eigenvalue weighted by Gasteiger charge is 2.16. The second-order valence-electron chi connectivity index (χ2n) is 3.37. The molecule has 1 aromatic carbocycles. The van der Waals surface area contributed by atoms with Gasteiger partial charge in [0.05, 0.1) is 17.3 Å². The van der Waals surface area contributed by atoms with Crippen molar-refractivity contribution in [3.8, 4) is 6.07 Å². The van der Waals surface area contributed by atoms with Gasteiger partial charge in [-0.05, 0) is 36.4 Å². The van der Waals surface area contributed by atoms with E-state index in [1.54, 1.807) is 18.7 Å². The van der Waals surface area contributed by atoms with E-state index in [-0.39, 0.29) is 10.6 Å². The molecule has 0 aliphatic heterocycles. The summed E-state index contributed by atoms with van der Waals surface area (Å²) in [7, 11) is 0. The Morgan fingerprint density at radius 1 is 1.62 bits per heavy atom. The molecule has 0 fully saturated rings. The van der Waals surface area contributed by atoms with Crippen molar-refractivity contribution in [1.82, 2.24) is 0 Å². The molecule has 1 atom stereocenters. The zero-order chi connectivity index (χ0) is 12.1. The van der Waals surface area contributed by atoms with Crippen LogP contribution in [0.1, 0.15) is 22.9 Å². The van der Waals surface area contributed by atoms with Crippen molar-refractivity contribution in [2.24, 2.45) is 0 Å². The van der Waals surface area contributed by atoms with Crippen LogP contribution in [0.2, 0.25) is 0 Å². The van der Waals surface area contributed by atoms with Gasteiger partial charge >= 0.3 is 0 Å². The topological polar surface area (TPSA) is 40.9 Å². The molecular formula is C12H12BrNOS. The van der Waals surface area contributed by atoms with E-state index in [0.717, 1.165) is 16.0 Å². The normalized spacial score (nSPS) is 11.9. The molecule has 0 aromatic heterocycles. The number of benzene rings is 1. The fourth-order valence-electron chi connectivity index (χ4n) is 1.40. The Kier molecular flexibility index (Phi) is 5.04. The van der Waals surface area contributed by atoms with E-state index in [2.05, 4.69) is 22.0 Å². The van der Waals surface area contributed by atoms with Crippen LogP contribution in [0, 0.1) is 11.3 Å². The summed E-state index contributed by atoms with van der Waals surface area (Å²) in [5, 5.41) is 8.74. The van der Waals surface area contributed by atoms with Crippen molar-refractivity contribution in [3.63, 3.8) is 0 Å². The standard InChI is InChI=1S/C12H12BrNOS/c1-8(15)12(13)11-7-10(16-2)4-3-9(11)5-6-14/h3-4,7,12H,5H2,1-2H3. The number of carbonyl (C=O) groups is 1. The Balaban J connectivity index is 3.20. The summed E-state index contributed by atoms with van der Waals surface area (Å²) < 4.78 is 0. The lowest BCUT2D eigenvalue weighted by Gasteiger charge is -2.12. The number of rotatable bonds is 4. The van der Waals surface area contributed by atoms with E-state index in [4.69, 9.17) is 5.26 Å². The summed E-state index contributed by atoms with van der Waals surface area (Å²) in [5.74, 6) is 0.0532. The lowest BCUT2D eigenvalue weighted by atomic mass is 10.0. The summed E-state index contributed by atoms with van der Waals surface area (Å²) in [5.41, 5.74) is 1.82. The number of hydrogen-bond acceptors (Lipinski definition) is 3. The van der Waals surface area contributed by atoms with E-state index in [1.807, 2.05) is 24.5 Å². The summed E-state index contributed by atoms with van der Waals surface area (Å²) in [6.45, 7) is 1.54. The quantitative estimate of drug-likeness (QED) is 0.631. The van der Waals surface area contributed by atoms with Crippen molar-refractivity contribution in [2.75, 3.05) is 6.26 Å². The van der Waals surface area contributed by atoms with Gasteiger partial charge < -0.3 is 0 Å². The first-order valence-corrected chi connectivity index (χ1v) is 6.92. The van der Waals surface area contributed by atoms with Gasteiger partial charge in [0.2, 0.25) is 0 Å². The van der Waals surface area contributed by atoms with Crippen LogP contribution < -0.4 is 0 Å². The molecule has 0 N–H and O–H groups in total. The van der Waals surface area contributed by atoms with Gasteiger partial charge in [-0.3, -0.25) is 4.79 Å². The monoisotopic (exact) mass is 297 g/mol. The van der Waals surface area contributed by atoms with E-state index >= 15 is 0 Å². The van der Waals surface area contributed by atoms with E-state index in [9.17, 15) is 4.79 Å². The molecule has 1 unspecified atom stereocenters. The average molecular weight is 298 g/mol. The molecule has 1 aromatic rings. The molecule has 0 heterocycles. The number of Topliss-reactive ketones (excluding diaryl/α,β-unsaturated/α-hetero) is 1. The maximum Gasteiger partial charge on any atom is 0.147 e. The summed E-state index contributed by atoms with van der Waals surface area (Å²) >= 11 is 4.99. The van der Waals surface area contributed by atoms with E-state index in [0.29, 0.717) is 6.42 Å². The van der Waals surface area contributed by atoms with Gasteiger partial charge in [-0.2, -0.15) is 5.26 Å². The summed E-state index contributed by atoms with van der Waals surface area (Å²) in [6.07, 6.45) is 2.32. The molecule has 0 saturated heterocycles. The highest BCUT2D eigenvalue weighted by atomic mass is 79.9. The third-order valence-corrected chi connectivity index (χ3v) is 4.12. The van der Waals surface area contributed by atoms with Gasteiger partial charge in [0.25, 0.3) is 0 Å². The number of halogens is 1. The van der Waals surface area contributed by atoms with Crippen LogP contribution in [0.15, 0.2) is 23.1 Å². The van der Waals surface area contributed by atoms with Crippen molar-refractivity contribution in [3.05, 3.63) is 29.3 Å². The molecule has 0 bridgehead atoms. The first-order valence-electron chi connectivity index (χ1n) is 4.78. The van der Waals surface area contributed by atoms with Gasteiger partial charge in [0.15, 0.2) is 0 Å². The van der Waals surface area contributed by atoms with Crippen LogP contribution in [-0.2, 0) is 11.2 Å². The highest BCUT2D eigenvalue weighted by molar-refractivity contribution is 9.09. The second kappa shape index (κ2) is 6.07. The van der Waals surface area contributed by atoms with Crippen molar-refractivity contribution in [1.29, 1.82) is 5.26 Å². The van der Waals surface area contributed by atoms with E-state index < -0.39 is 0 Å². The minimum Gasteiger partial charge on any atom is -0.298 e. The number of nitriles is 1. The second-order valence-corrected chi connectivity index (χ2v) is 5.17. The van der Waals surface area contributed by atoms with Crippen LogP contribution in [0.4, 0.5) is 0 Å². The molecule has 0 aliphatic carbocycles. The highest BCUT2D eigenvalue weighted by Crippen LogP contribution is 2.30. The van der Waals surface area contributed by atoms with Crippen molar-refractivity contribution in [2.45, 2.75) is 23.1 Å². The molecule has 84 valence electrons. The Morgan fingerprint density at radius 3 is 2.81 bits per heavy atom. The number of nitrogens with zero attached hydrogens (tertiary/aromatic N) is 1. The fourth-order valence-corrected chi connectivity index (χ4v) is 2.28. The van der Waals surface area contributed by atoms with Gasteiger partial charge in [-0.25, -0.2) is 0 Å². The largest absolute Gasteiger partial charge is 0.298 e. The van der Waals surface area contributed by atoms with Crippen LogP contribution in [-0.4, -0.2) is 12.0 Å². The maximum atomic E-state index is 11.4. The minimum absolute atomic E-state index is 0.0532. The summed E-state index contributed by atoms with van der Waals surface area (Å²) in [6, 6.07) is 7.98. The molecule has 1 rings (SSSR count). The summed E-state index contributed by atoms with van der Waals surface area (Å²) in [4.78, 5) is 12.1. The van der Waals surface area contributed by atoms with Gasteiger partial charge in [0, 0.05) is 4.90 Å². The molecule has 4 heteroatoms. The number of alkyl halides is 1. The maximum absolute atomic E-state index is 11.4. The Labute approximate surface area is 108 Å². The molecule has 0 radical (unpaired) electrons. The zero-order valence-electron chi connectivity index (χ0n) is 9.16.